The highest BCUT2D eigenvalue weighted by Crippen LogP contribution is 2.15. The summed E-state index contributed by atoms with van der Waals surface area (Å²) in [6.07, 6.45) is 4.71. The molecule has 0 fully saturated rings. The summed E-state index contributed by atoms with van der Waals surface area (Å²) in [5, 5.41) is 0.269. The molecule has 2 heterocycles. The molecular weight excluding hydrogens is 478 g/mol. The first-order valence-electron chi connectivity index (χ1n) is 12.1. The van der Waals surface area contributed by atoms with Crippen LogP contribution in [-0.2, 0) is 13.2 Å². The Balaban J connectivity index is 1.28. The third-order valence-corrected chi connectivity index (χ3v) is 5.72. The van der Waals surface area contributed by atoms with Crippen LogP contribution >= 0.6 is 0 Å². The molecule has 5 rings (SSSR count). The number of benzene rings is 3. The van der Waals surface area contributed by atoms with Crippen LogP contribution in [0.1, 0.15) is 22.4 Å². The van der Waals surface area contributed by atoms with Crippen LogP contribution in [0.5, 0.6) is 11.5 Å². The molecule has 0 atom stereocenters. The van der Waals surface area contributed by atoms with Gasteiger partial charge in [-0.05, 0) is 53.1 Å². The van der Waals surface area contributed by atoms with Crippen molar-refractivity contribution in [3.05, 3.63) is 157 Å². The third kappa shape index (κ3) is 6.53. The second-order valence-electron chi connectivity index (χ2n) is 8.56. The summed E-state index contributed by atoms with van der Waals surface area (Å²) in [6, 6.07) is 30.5. The number of nitrogens with zero attached hydrogens (tertiary/aromatic N) is 1. The first kappa shape index (κ1) is 24.5. The molecule has 0 bridgehead atoms. The zero-order valence-corrected chi connectivity index (χ0v) is 20.5. The summed E-state index contributed by atoms with van der Waals surface area (Å²) in [7, 11) is 0. The van der Waals surface area contributed by atoms with Crippen molar-refractivity contribution < 1.29 is 9.47 Å². The number of H-pyrrole nitrogens is 2. The average Bonchev–Trinajstić information content (AvgIpc) is 2.96. The van der Waals surface area contributed by atoms with Crippen LogP contribution in [0.15, 0.2) is 113 Å². The fourth-order valence-electron chi connectivity index (χ4n) is 3.72. The van der Waals surface area contributed by atoms with Crippen LogP contribution < -0.4 is 31.3 Å². The number of rotatable bonds is 8. The lowest BCUT2D eigenvalue weighted by atomic mass is 10.2. The van der Waals surface area contributed by atoms with E-state index in [1.54, 1.807) is 24.4 Å². The van der Waals surface area contributed by atoms with Gasteiger partial charge >= 0.3 is 0 Å². The Bertz CT molecular complexity index is 1590. The number of hydrogen-bond acceptors (Lipinski definition) is 5. The van der Waals surface area contributed by atoms with E-state index in [-0.39, 0.29) is 10.7 Å². The van der Waals surface area contributed by atoms with Gasteiger partial charge in [-0.15, -0.1) is 0 Å². The van der Waals surface area contributed by atoms with Gasteiger partial charge in [0.25, 0.3) is 11.1 Å². The van der Waals surface area contributed by atoms with Crippen LogP contribution in [0, 0.1) is 0 Å². The average molecular weight is 504 g/mol. The van der Waals surface area contributed by atoms with Gasteiger partial charge in [-0.25, -0.2) is 0 Å². The summed E-state index contributed by atoms with van der Waals surface area (Å²) in [4.78, 5) is 34.9. The summed E-state index contributed by atoms with van der Waals surface area (Å²) < 4.78 is 11.5. The molecule has 0 radical (unpaired) electrons. The van der Waals surface area contributed by atoms with Crippen molar-refractivity contribution in [3.63, 3.8) is 0 Å². The smallest absolute Gasteiger partial charge is 0.272 e. The molecule has 7 heteroatoms. The summed E-state index contributed by atoms with van der Waals surface area (Å²) in [5.74, 6) is 1.32. The Kier molecular flexibility index (Phi) is 7.56. The molecule has 2 aromatic heterocycles. The minimum absolute atomic E-state index is 0.113. The predicted octanol–water partition coefficient (Wildman–Crippen LogP) is 3.27. The Morgan fingerprint density at radius 2 is 1.13 bits per heavy atom. The first-order chi connectivity index (χ1) is 18.6. The lowest BCUT2D eigenvalue weighted by molar-refractivity contribution is 0.305. The number of hydrogen-bond donors (Lipinski definition) is 2. The molecule has 0 aliphatic rings. The van der Waals surface area contributed by atoms with Crippen LogP contribution in [0.2, 0.25) is 0 Å². The molecule has 0 saturated heterocycles. The highest BCUT2D eigenvalue weighted by atomic mass is 16.5. The van der Waals surface area contributed by atoms with Crippen LogP contribution in [0.4, 0.5) is 0 Å². The molecule has 0 aliphatic heterocycles. The van der Waals surface area contributed by atoms with Crippen molar-refractivity contribution in [2.45, 2.75) is 13.2 Å². The molecule has 0 unspecified atom stereocenters. The van der Waals surface area contributed by atoms with Crippen molar-refractivity contribution >= 4 is 12.2 Å². The van der Waals surface area contributed by atoms with E-state index >= 15 is 0 Å². The Morgan fingerprint density at radius 1 is 0.605 bits per heavy atom. The van der Waals surface area contributed by atoms with E-state index in [2.05, 4.69) is 15.0 Å². The van der Waals surface area contributed by atoms with E-state index in [4.69, 9.17) is 9.47 Å². The van der Waals surface area contributed by atoms with E-state index in [0.29, 0.717) is 30.4 Å². The van der Waals surface area contributed by atoms with Gasteiger partial charge in [0.05, 0.1) is 11.9 Å². The third-order valence-electron chi connectivity index (χ3n) is 5.72. The molecule has 0 spiro atoms. The molecule has 0 amide bonds. The van der Waals surface area contributed by atoms with Crippen LogP contribution in [-0.4, -0.2) is 15.0 Å². The lowest BCUT2D eigenvalue weighted by Gasteiger charge is -2.06. The van der Waals surface area contributed by atoms with Gasteiger partial charge in [-0.2, -0.15) is 0 Å². The fraction of sp³-hybridized carbons (Fsp3) is 0.0645. The lowest BCUT2D eigenvalue weighted by Crippen LogP contribution is -2.46. The van der Waals surface area contributed by atoms with E-state index in [1.165, 1.54) is 6.08 Å². The predicted molar refractivity (Wildman–Crippen MR) is 146 cm³/mol. The zero-order chi connectivity index (χ0) is 26.2. The normalized spacial score (nSPS) is 11.9. The van der Waals surface area contributed by atoms with Crippen LogP contribution in [0.3, 0.4) is 0 Å². The van der Waals surface area contributed by atoms with Gasteiger partial charge in [-0.1, -0.05) is 72.8 Å². The fourth-order valence-corrected chi connectivity index (χ4v) is 3.72. The van der Waals surface area contributed by atoms with E-state index in [1.807, 2.05) is 84.9 Å². The number of pyridine rings is 1. The van der Waals surface area contributed by atoms with E-state index < -0.39 is 11.1 Å². The molecular formula is C31H25N3O4. The van der Waals surface area contributed by atoms with Crippen molar-refractivity contribution in [2.24, 2.45) is 0 Å². The Morgan fingerprint density at radius 3 is 1.68 bits per heavy atom. The molecule has 0 saturated carbocycles. The molecule has 188 valence electrons. The summed E-state index contributed by atoms with van der Waals surface area (Å²) in [5.41, 5.74) is 2.56. The van der Waals surface area contributed by atoms with Crippen molar-refractivity contribution in [2.75, 3.05) is 0 Å². The SMILES string of the molecule is O=c1[nH]c(=Cc2ccc(OCc3ccccc3)cn2)c(=O)[nH]c1=Cc1ccc(OCc2ccccc2)cc1. The summed E-state index contributed by atoms with van der Waals surface area (Å²) in [6.45, 7) is 0.896. The maximum atomic E-state index is 12.6. The second kappa shape index (κ2) is 11.7. The number of ether oxygens (including phenoxy) is 2. The molecule has 3 aromatic carbocycles. The van der Waals surface area contributed by atoms with Crippen molar-refractivity contribution in [1.29, 1.82) is 0 Å². The van der Waals surface area contributed by atoms with E-state index in [0.717, 1.165) is 16.7 Å². The Labute approximate surface area is 218 Å². The highest BCUT2D eigenvalue weighted by molar-refractivity contribution is 5.50. The van der Waals surface area contributed by atoms with Gasteiger partial charge in [0.1, 0.15) is 35.4 Å². The maximum absolute atomic E-state index is 12.6. The molecule has 7 nitrogen and oxygen atoms in total. The number of aromatic nitrogens is 3. The minimum atomic E-state index is -0.426. The van der Waals surface area contributed by atoms with Gasteiger partial charge in [0, 0.05) is 0 Å². The quantitative estimate of drug-likeness (QED) is 0.339. The summed E-state index contributed by atoms with van der Waals surface area (Å²) >= 11 is 0. The second-order valence-corrected chi connectivity index (χ2v) is 8.56. The largest absolute Gasteiger partial charge is 0.489 e. The molecule has 38 heavy (non-hydrogen) atoms. The maximum Gasteiger partial charge on any atom is 0.272 e. The highest BCUT2D eigenvalue weighted by Gasteiger charge is 2.01. The number of nitrogens with one attached hydrogen (secondary N) is 2. The van der Waals surface area contributed by atoms with Gasteiger partial charge in [0.15, 0.2) is 0 Å². The monoisotopic (exact) mass is 503 g/mol. The molecule has 0 aliphatic carbocycles. The zero-order valence-electron chi connectivity index (χ0n) is 20.5. The Hall–Kier alpha value is -5.17. The van der Waals surface area contributed by atoms with Crippen LogP contribution in [0.25, 0.3) is 12.2 Å². The van der Waals surface area contributed by atoms with E-state index in [9.17, 15) is 9.59 Å². The molecule has 2 N–H and O–H groups in total. The van der Waals surface area contributed by atoms with Gasteiger partial charge in [-0.3, -0.25) is 14.6 Å². The van der Waals surface area contributed by atoms with Gasteiger partial charge in [0.2, 0.25) is 0 Å². The van der Waals surface area contributed by atoms with Gasteiger partial charge < -0.3 is 19.4 Å². The topological polar surface area (TPSA) is 97.1 Å². The van der Waals surface area contributed by atoms with Crippen molar-refractivity contribution in [1.82, 2.24) is 15.0 Å². The number of aromatic amines is 2. The first-order valence-corrected chi connectivity index (χ1v) is 12.1. The standard InChI is InChI=1S/C31H25N3O4/c35-30-28(17-22-11-14-26(15-12-22)37-20-23-7-3-1-4-8-23)33-31(36)29(34-30)18-25-13-16-27(19-32-25)38-21-24-9-5-2-6-10-24/h1-19H,20-21H2,(H,33,36)(H,34,35). The molecule has 5 aromatic rings. The van der Waals surface area contributed by atoms with Crippen molar-refractivity contribution in [3.8, 4) is 11.5 Å². The minimum Gasteiger partial charge on any atom is -0.489 e.